The zero-order valence-electron chi connectivity index (χ0n) is 16.9. The standard InChI is InChI=1S/C23H30O5/c1-4-11-27-21(26)28-15-7-9-22(2)14(12-15)13-18(24)20-16-5-6-19(25)23(16,3)10-8-17(20)22/h4,13,15-17,20H,1,5-12H2,2-3H3/t15-,16-,17-,20-,22-,23-/m0/s1. The van der Waals surface area contributed by atoms with Gasteiger partial charge in [-0.25, -0.2) is 4.79 Å². The van der Waals surface area contributed by atoms with E-state index in [1.807, 2.05) is 6.08 Å². The van der Waals surface area contributed by atoms with Crippen LogP contribution in [0.3, 0.4) is 0 Å². The zero-order chi connectivity index (χ0) is 20.1. The lowest BCUT2D eigenvalue weighted by atomic mass is 9.48. The monoisotopic (exact) mass is 386 g/mol. The summed E-state index contributed by atoms with van der Waals surface area (Å²) in [5.41, 5.74) is 0.754. The highest BCUT2D eigenvalue weighted by atomic mass is 16.7. The van der Waals surface area contributed by atoms with E-state index < -0.39 is 6.16 Å². The van der Waals surface area contributed by atoms with Crippen molar-refractivity contribution in [2.75, 3.05) is 6.61 Å². The van der Waals surface area contributed by atoms with Crippen LogP contribution < -0.4 is 0 Å². The number of allylic oxidation sites excluding steroid dienone is 1. The Hall–Kier alpha value is -1.91. The van der Waals surface area contributed by atoms with E-state index in [0.29, 0.717) is 18.6 Å². The molecule has 152 valence electrons. The van der Waals surface area contributed by atoms with E-state index in [1.165, 1.54) is 6.08 Å². The Morgan fingerprint density at radius 2 is 1.89 bits per heavy atom. The van der Waals surface area contributed by atoms with Crippen molar-refractivity contribution in [2.24, 2.45) is 28.6 Å². The highest BCUT2D eigenvalue weighted by molar-refractivity contribution is 5.96. The van der Waals surface area contributed by atoms with Crippen LogP contribution in [0.2, 0.25) is 0 Å². The summed E-state index contributed by atoms with van der Waals surface area (Å²) in [5, 5.41) is 0. The molecule has 0 aromatic rings. The van der Waals surface area contributed by atoms with Crippen LogP contribution in [0.5, 0.6) is 0 Å². The Morgan fingerprint density at radius 1 is 1.18 bits per heavy atom. The van der Waals surface area contributed by atoms with Crippen molar-refractivity contribution in [3.05, 3.63) is 24.3 Å². The van der Waals surface area contributed by atoms with Crippen LogP contribution >= 0.6 is 0 Å². The van der Waals surface area contributed by atoms with Gasteiger partial charge in [-0.15, -0.1) is 0 Å². The Balaban J connectivity index is 1.55. The van der Waals surface area contributed by atoms with Gasteiger partial charge in [-0.1, -0.05) is 32.1 Å². The second-order valence-electron chi connectivity index (χ2n) is 9.48. The van der Waals surface area contributed by atoms with Gasteiger partial charge in [-0.3, -0.25) is 9.59 Å². The fourth-order valence-corrected chi connectivity index (χ4v) is 6.54. The van der Waals surface area contributed by atoms with Gasteiger partial charge in [0.1, 0.15) is 18.5 Å². The molecule has 4 aliphatic carbocycles. The third-order valence-electron chi connectivity index (χ3n) is 8.19. The fourth-order valence-electron chi connectivity index (χ4n) is 6.54. The van der Waals surface area contributed by atoms with E-state index in [2.05, 4.69) is 20.4 Å². The number of rotatable bonds is 3. The van der Waals surface area contributed by atoms with E-state index in [-0.39, 0.29) is 47.1 Å². The van der Waals surface area contributed by atoms with Crippen LogP contribution in [0.4, 0.5) is 4.79 Å². The maximum Gasteiger partial charge on any atom is 0.508 e. The van der Waals surface area contributed by atoms with Gasteiger partial charge in [0.25, 0.3) is 0 Å². The Labute approximate surface area is 166 Å². The molecule has 0 aromatic heterocycles. The van der Waals surface area contributed by atoms with Gasteiger partial charge in [-0.2, -0.15) is 0 Å². The minimum absolute atomic E-state index is 0.0334. The number of Topliss-reactive ketones (excluding diaryl/α,β-unsaturated/α-hetero) is 1. The Morgan fingerprint density at radius 3 is 2.64 bits per heavy atom. The molecule has 0 radical (unpaired) electrons. The minimum atomic E-state index is -0.674. The lowest BCUT2D eigenvalue weighted by Gasteiger charge is -2.55. The van der Waals surface area contributed by atoms with Crippen molar-refractivity contribution < 1.29 is 23.9 Å². The van der Waals surface area contributed by atoms with E-state index in [9.17, 15) is 14.4 Å². The predicted octanol–water partition coefficient (Wildman–Crippen LogP) is 4.41. The van der Waals surface area contributed by atoms with Crippen LogP contribution in [-0.2, 0) is 19.1 Å². The molecule has 4 aliphatic rings. The number of carbonyl (C=O) groups is 3. The first-order valence-corrected chi connectivity index (χ1v) is 10.5. The molecule has 0 bridgehead atoms. The summed E-state index contributed by atoms with van der Waals surface area (Å²) < 4.78 is 10.4. The lowest BCUT2D eigenvalue weighted by molar-refractivity contribution is -0.139. The summed E-state index contributed by atoms with van der Waals surface area (Å²) in [7, 11) is 0. The van der Waals surface area contributed by atoms with Gasteiger partial charge in [0.2, 0.25) is 0 Å². The molecular weight excluding hydrogens is 356 g/mol. The fraction of sp³-hybridized carbons (Fsp3) is 0.696. The van der Waals surface area contributed by atoms with Crippen molar-refractivity contribution in [1.82, 2.24) is 0 Å². The normalized spacial score (nSPS) is 42.0. The second-order valence-corrected chi connectivity index (χ2v) is 9.48. The first-order valence-electron chi connectivity index (χ1n) is 10.5. The van der Waals surface area contributed by atoms with Crippen molar-refractivity contribution in [3.8, 4) is 0 Å². The van der Waals surface area contributed by atoms with E-state index in [0.717, 1.165) is 37.7 Å². The summed E-state index contributed by atoms with van der Waals surface area (Å²) in [6.45, 7) is 8.01. The van der Waals surface area contributed by atoms with Crippen molar-refractivity contribution in [2.45, 2.75) is 64.9 Å². The first kappa shape index (κ1) is 19.4. The molecule has 0 aliphatic heterocycles. The highest BCUT2D eigenvalue weighted by Crippen LogP contribution is 2.63. The van der Waals surface area contributed by atoms with Crippen molar-refractivity contribution >= 4 is 17.7 Å². The van der Waals surface area contributed by atoms with Crippen molar-refractivity contribution in [1.29, 1.82) is 0 Å². The van der Waals surface area contributed by atoms with E-state index >= 15 is 0 Å². The largest absolute Gasteiger partial charge is 0.508 e. The maximum absolute atomic E-state index is 13.2. The second kappa shape index (κ2) is 6.85. The van der Waals surface area contributed by atoms with Crippen LogP contribution in [-0.4, -0.2) is 30.4 Å². The quantitative estimate of drug-likeness (QED) is 0.531. The molecule has 0 heterocycles. The Bertz CT molecular complexity index is 752. The average Bonchev–Trinajstić information content (AvgIpc) is 2.96. The van der Waals surface area contributed by atoms with Gasteiger partial charge in [-0.05, 0) is 55.4 Å². The topological polar surface area (TPSA) is 69.7 Å². The zero-order valence-corrected chi connectivity index (χ0v) is 16.9. The van der Waals surface area contributed by atoms with E-state index in [4.69, 9.17) is 9.47 Å². The number of hydrogen-bond donors (Lipinski definition) is 0. The minimum Gasteiger partial charge on any atom is -0.431 e. The summed E-state index contributed by atoms with van der Waals surface area (Å²) in [6, 6.07) is 0. The number of carbonyl (C=O) groups excluding carboxylic acids is 3. The summed E-state index contributed by atoms with van der Waals surface area (Å²) in [6.07, 6.45) is 7.95. The highest BCUT2D eigenvalue weighted by Gasteiger charge is 2.61. The molecule has 3 fully saturated rings. The van der Waals surface area contributed by atoms with Gasteiger partial charge in [0, 0.05) is 24.2 Å². The first-order chi connectivity index (χ1) is 13.3. The molecule has 0 N–H and O–H groups in total. The molecule has 6 atom stereocenters. The smallest absolute Gasteiger partial charge is 0.431 e. The summed E-state index contributed by atoms with van der Waals surface area (Å²) in [4.78, 5) is 37.4. The molecule has 0 aromatic carbocycles. The van der Waals surface area contributed by atoms with Crippen LogP contribution in [0.15, 0.2) is 24.3 Å². The maximum atomic E-state index is 13.2. The van der Waals surface area contributed by atoms with Gasteiger partial charge in [0.15, 0.2) is 5.78 Å². The third kappa shape index (κ3) is 2.85. The molecule has 5 nitrogen and oxygen atoms in total. The van der Waals surface area contributed by atoms with Crippen LogP contribution in [0.1, 0.15) is 58.8 Å². The molecule has 28 heavy (non-hydrogen) atoms. The molecule has 4 rings (SSSR count). The molecule has 0 unspecified atom stereocenters. The SMILES string of the molecule is C=CCOC(=O)O[C@H]1CC[C@@]2(C)C(=CC(=O)[C@@H]3[C@@H]2CC[C@]2(C)C(=O)CC[C@@H]32)C1. The molecule has 3 saturated carbocycles. The van der Waals surface area contributed by atoms with Gasteiger partial charge < -0.3 is 9.47 Å². The number of ether oxygens (including phenoxy) is 2. The molecular formula is C23H30O5. The number of fused-ring (bicyclic) bond motifs is 5. The van der Waals surface area contributed by atoms with Crippen LogP contribution in [0, 0.1) is 28.6 Å². The molecule has 5 heteroatoms. The predicted molar refractivity (Wildman–Crippen MR) is 104 cm³/mol. The third-order valence-corrected chi connectivity index (χ3v) is 8.19. The Kier molecular flexibility index (Phi) is 4.75. The summed E-state index contributed by atoms with van der Waals surface area (Å²) >= 11 is 0. The molecule has 0 saturated heterocycles. The molecule has 0 amide bonds. The number of hydrogen-bond acceptors (Lipinski definition) is 5. The average molecular weight is 386 g/mol. The number of ketones is 2. The van der Waals surface area contributed by atoms with Crippen LogP contribution in [0.25, 0.3) is 0 Å². The van der Waals surface area contributed by atoms with Gasteiger partial charge >= 0.3 is 6.16 Å². The lowest BCUT2D eigenvalue weighted by Crippen LogP contribution is -2.53. The van der Waals surface area contributed by atoms with Gasteiger partial charge in [0.05, 0.1) is 0 Å². The molecule has 0 spiro atoms. The van der Waals surface area contributed by atoms with Crippen molar-refractivity contribution in [3.63, 3.8) is 0 Å². The van der Waals surface area contributed by atoms with E-state index in [1.54, 1.807) is 0 Å². The summed E-state index contributed by atoms with van der Waals surface area (Å²) in [5.74, 6) is 0.965.